The van der Waals surface area contributed by atoms with Crippen molar-refractivity contribution in [1.29, 1.82) is 0 Å². The SMILES string of the molecule is COCc1nnn2c1Cc1c(C#Cc3ccc(OC)nc3)ncn1-c1ccc(OC)cc1-2. The number of nitrogens with zero attached hydrogens (tertiary/aromatic N) is 6. The van der Waals surface area contributed by atoms with E-state index in [1.165, 1.54) is 0 Å². The van der Waals surface area contributed by atoms with E-state index in [0.29, 0.717) is 24.6 Å². The average molecular weight is 428 g/mol. The lowest BCUT2D eigenvalue weighted by atomic mass is 10.1. The molecule has 4 aromatic rings. The highest BCUT2D eigenvalue weighted by Crippen LogP contribution is 2.32. The second-order valence-electron chi connectivity index (χ2n) is 7.11. The molecule has 0 atom stereocenters. The number of fused-ring (bicyclic) bond motifs is 5. The normalized spacial score (nSPS) is 11.5. The number of methoxy groups -OCH3 is 3. The van der Waals surface area contributed by atoms with Crippen molar-refractivity contribution in [2.75, 3.05) is 21.3 Å². The Morgan fingerprint density at radius 1 is 0.969 bits per heavy atom. The molecule has 0 bridgehead atoms. The van der Waals surface area contributed by atoms with Gasteiger partial charge in [0, 0.05) is 37.4 Å². The quantitative estimate of drug-likeness (QED) is 0.406. The molecule has 0 unspecified atom stereocenters. The van der Waals surface area contributed by atoms with Gasteiger partial charge in [-0.05, 0) is 24.1 Å². The summed E-state index contributed by atoms with van der Waals surface area (Å²) in [6.45, 7) is 0.362. The van der Waals surface area contributed by atoms with Gasteiger partial charge in [-0.3, -0.25) is 4.57 Å². The van der Waals surface area contributed by atoms with Crippen molar-refractivity contribution in [2.45, 2.75) is 13.0 Å². The summed E-state index contributed by atoms with van der Waals surface area (Å²) >= 11 is 0. The highest BCUT2D eigenvalue weighted by atomic mass is 16.5. The smallest absolute Gasteiger partial charge is 0.212 e. The molecule has 1 aliphatic rings. The van der Waals surface area contributed by atoms with Crippen molar-refractivity contribution in [1.82, 2.24) is 29.5 Å². The van der Waals surface area contributed by atoms with Gasteiger partial charge in [-0.25, -0.2) is 14.6 Å². The molecule has 0 radical (unpaired) electrons. The number of aromatic nitrogens is 6. The third-order valence-electron chi connectivity index (χ3n) is 5.27. The standard InChI is InChI=1S/C23H20N6O3/c1-30-13-18-21-11-20-17(7-4-15-5-9-23(32-3)24-12-15)25-14-28(20)19-8-6-16(31-2)10-22(19)29(21)27-26-18/h5-6,8-10,12,14H,11,13H2,1-3H3. The molecule has 0 fully saturated rings. The van der Waals surface area contributed by atoms with Crippen molar-refractivity contribution >= 4 is 0 Å². The molecular formula is C23H20N6O3. The van der Waals surface area contributed by atoms with E-state index in [2.05, 4.69) is 32.1 Å². The van der Waals surface area contributed by atoms with Gasteiger partial charge in [0.05, 0.1) is 43.6 Å². The molecule has 5 rings (SSSR count). The second kappa shape index (κ2) is 8.17. The van der Waals surface area contributed by atoms with Gasteiger partial charge in [0.2, 0.25) is 5.88 Å². The lowest BCUT2D eigenvalue weighted by Crippen LogP contribution is -2.04. The van der Waals surface area contributed by atoms with E-state index in [0.717, 1.165) is 39.8 Å². The maximum absolute atomic E-state index is 5.44. The molecule has 9 heteroatoms. The summed E-state index contributed by atoms with van der Waals surface area (Å²) in [6, 6.07) is 9.48. The van der Waals surface area contributed by atoms with Gasteiger partial charge in [-0.1, -0.05) is 11.1 Å². The molecule has 0 saturated heterocycles. The number of ether oxygens (including phenoxy) is 3. The van der Waals surface area contributed by atoms with Crippen LogP contribution in [-0.2, 0) is 17.8 Å². The first-order valence-corrected chi connectivity index (χ1v) is 9.91. The highest BCUT2D eigenvalue weighted by molar-refractivity contribution is 5.60. The summed E-state index contributed by atoms with van der Waals surface area (Å²) in [7, 11) is 4.86. The van der Waals surface area contributed by atoms with Crippen molar-refractivity contribution in [3.05, 3.63) is 71.2 Å². The van der Waals surface area contributed by atoms with Crippen molar-refractivity contribution in [2.24, 2.45) is 0 Å². The molecule has 0 aliphatic carbocycles. The summed E-state index contributed by atoms with van der Waals surface area (Å²) in [4.78, 5) is 8.80. The van der Waals surface area contributed by atoms with Crippen molar-refractivity contribution in [3.63, 3.8) is 0 Å². The molecule has 4 heterocycles. The monoisotopic (exact) mass is 428 g/mol. The second-order valence-corrected chi connectivity index (χ2v) is 7.11. The van der Waals surface area contributed by atoms with Crippen LogP contribution < -0.4 is 9.47 Å². The van der Waals surface area contributed by atoms with Gasteiger partial charge < -0.3 is 14.2 Å². The Morgan fingerprint density at radius 3 is 2.62 bits per heavy atom. The van der Waals surface area contributed by atoms with E-state index in [4.69, 9.17) is 14.2 Å². The van der Waals surface area contributed by atoms with Gasteiger partial charge in [-0.2, -0.15) is 0 Å². The largest absolute Gasteiger partial charge is 0.497 e. The Labute approximate surface area is 184 Å². The fourth-order valence-electron chi connectivity index (χ4n) is 3.68. The molecular weight excluding hydrogens is 408 g/mol. The van der Waals surface area contributed by atoms with Gasteiger partial charge >= 0.3 is 0 Å². The Kier molecular flexibility index (Phi) is 5.05. The van der Waals surface area contributed by atoms with Crippen LogP contribution in [0.2, 0.25) is 0 Å². The summed E-state index contributed by atoms with van der Waals surface area (Å²) in [5, 5.41) is 8.74. The zero-order chi connectivity index (χ0) is 22.1. The lowest BCUT2D eigenvalue weighted by Gasteiger charge is -2.11. The Hall–Kier alpha value is -4.16. The molecule has 9 nitrogen and oxygen atoms in total. The van der Waals surface area contributed by atoms with E-state index in [-0.39, 0.29) is 0 Å². The molecule has 32 heavy (non-hydrogen) atoms. The number of pyridine rings is 1. The maximum atomic E-state index is 5.44. The number of imidazole rings is 1. The predicted octanol–water partition coefficient (Wildman–Crippen LogP) is 2.32. The van der Waals surface area contributed by atoms with E-state index in [1.54, 1.807) is 39.9 Å². The lowest BCUT2D eigenvalue weighted by molar-refractivity contribution is 0.180. The first-order chi connectivity index (χ1) is 15.7. The fraction of sp³-hybridized carbons (Fsp3) is 0.217. The third kappa shape index (κ3) is 3.36. The zero-order valence-electron chi connectivity index (χ0n) is 17.9. The summed E-state index contributed by atoms with van der Waals surface area (Å²) in [5.74, 6) is 7.61. The zero-order valence-corrected chi connectivity index (χ0v) is 17.9. The van der Waals surface area contributed by atoms with Gasteiger partial charge in [-0.15, -0.1) is 5.10 Å². The molecule has 0 spiro atoms. The Bertz CT molecular complexity index is 1340. The third-order valence-corrected chi connectivity index (χ3v) is 5.27. The van der Waals surface area contributed by atoms with E-state index in [9.17, 15) is 0 Å². The number of benzene rings is 1. The van der Waals surface area contributed by atoms with E-state index >= 15 is 0 Å². The van der Waals surface area contributed by atoms with Crippen LogP contribution in [0, 0.1) is 11.8 Å². The minimum atomic E-state index is 0.362. The summed E-state index contributed by atoms with van der Waals surface area (Å²) in [5.41, 5.74) is 5.87. The fourth-order valence-corrected chi connectivity index (χ4v) is 3.68. The van der Waals surface area contributed by atoms with Gasteiger partial charge in [0.1, 0.15) is 23.5 Å². The van der Waals surface area contributed by atoms with E-state index in [1.807, 2.05) is 33.5 Å². The van der Waals surface area contributed by atoms with Crippen molar-refractivity contribution < 1.29 is 14.2 Å². The molecule has 1 aliphatic heterocycles. The molecule has 0 amide bonds. The van der Waals surface area contributed by atoms with Crippen LogP contribution in [-0.4, -0.2) is 50.9 Å². The van der Waals surface area contributed by atoms with Crippen LogP contribution in [0.3, 0.4) is 0 Å². The Morgan fingerprint density at radius 2 is 1.88 bits per heavy atom. The van der Waals surface area contributed by atoms with Crippen molar-refractivity contribution in [3.8, 4) is 34.8 Å². The van der Waals surface area contributed by atoms with Crippen LogP contribution >= 0.6 is 0 Å². The number of hydrogen-bond donors (Lipinski definition) is 0. The predicted molar refractivity (Wildman–Crippen MR) is 115 cm³/mol. The molecule has 0 saturated carbocycles. The topological polar surface area (TPSA) is 89.1 Å². The maximum Gasteiger partial charge on any atom is 0.212 e. The molecule has 160 valence electrons. The highest BCUT2D eigenvalue weighted by Gasteiger charge is 2.26. The van der Waals surface area contributed by atoms with Gasteiger partial charge in [0.15, 0.2) is 0 Å². The van der Waals surface area contributed by atoms with Crippen LogP contribution in [0.4, 0.5) is 0 Å². The minimum Gasteiger partial charge on any atom is -0.497 e. The average Bonchev–Trinajstić information content (AvgIpc) is 3.39. The Balaban J connectivity index is 1.64. The summed E-state index contributed by atoms with van der Waals surface area (Å²) < 4.78 is 19.8. The van der Waals surface area contributed by atoms with Crippen LogP contribution in [0.5, 0.6) is 11.6 Å². The van der Waals surface area contributed by atoms with E-state index < -0.39 is 0 Å². The van der Waals surface area contributed by atoms with Crippen LogP contribution in [0.25, 0.3) is 11.4 Å². The molecule has 3 aromatic heterocycles. The number of hydrogen-bond acceptors (Lipinski definition) is 7. The first kappa shape index (κ1) is 19.8. The van der Waals surface area contributed by atoms with Crippen LogP contribution in [0.1, 0.15) is 28.3 Å². The molecule has 0 N–H and O–H groups in total. The minimum absolute atomic E-state index is 0.362. The first-order valence-electron chi connectivity index (χ1n) is 9.91. The summed E-state index contributed by atoms with van der Waals surface area (Å²) in [6.07, 6.45) is 4.01. The molecule has 1 aromatic carbocycles. The number of rotatable bonds is 4. The van der Waals surface area contributed by atoms with Gasteiger partial charge in [0.25, 0.3) is 0 Å². The van der Waals surface area contributed by atoms with Crippen LogP contribution in [0.15, 0.2) is 42.9 Å².